The van der Waals surface area contributed by atoms with Crippen molar-refractivity contribution in [3.8, 4) is 0 Å². The molecule has 0 bridgehead atoms. The molecular formula is C7H12O4S. The Hall–Kier alpha value is -0.840. The highest BCUT2D eigenvalue weighted by Crippen LogP contribution is 2.16. The largest absolute Gasteiger partial charge is 0.478 e. The smallest absolute Gasteiger partial charge is 0.329 e. The Kier molecular flexibility index (Phi) is 3.04. The number of aliphatic carboxylic acids is 1. The Morgan fingerprint density at radius 2 is 1.75 bits per heavy atom. The molecule has 0 aliphatic heterocycles. The minimum Gasteiger partial charge on any atom is -0.478 e. The lowest BCUT2D eigenvalue weighted by Crippen LogP contribution is -2.25. The van der Waals surface area contributed by atoms with Crippen molar-refractivity contribution in [2.24, 2.45) is 0 Å². The average Bonchev–Trinajstić information content (AvgIpc) is 1.81. The van der Waals surface area contributed by atoms with Gasteiger partial charge in [0.05, 0.1) is 4.75 Å². The van der Waals surface area contributed by atoms with E-state index in [-0.39, 0.29) is 0 Å². The van der Waals surface area contributed by atoms with Crippen molar-refractivity contribution < 1.29 is 18.3 Å². The lowest BCUT2D eigenvalue weighted by Gasteiger charge is -2.15. The number of carboxylic acid groups (broad SMARTS) is 1. The summed E-state index contributed by atoms with van der Waals surface area (Å²) in [7, 11) is -3.45. The number of carboxylic acids is 1. The number of sulfone groups is 1. The molecule has 0 unspecified atom stereocenters. The van der Waals surface area contributed by atoms with Crippen LogP contribution in [0.3, 0.4) is 0 Å². The molecule has 0 saturated heterocycles. The Morgan fingerprint density at radius 3 is 2.00 bits per heavy atom. The lowest BCUT2D eigenvalue weighted by molar-refractivity contribution is -0.131. The van der Waals surface area contributed by atoms with Gasteiger partial charge in [0.2, 0.25) is 0 Å². The highest BCUT2D eigenvalue weighted by Gasteiger charge is 2.26. The Morgan fingerprint density at radius 1 is 1.33 bits per heavy atom. The Balaban J connectivity index is 4.81. The zero-order valence-corrected chi connectivity index (χ0v) is 8.05. The van der Waals surface area contributed by atoms with Crippen molar-refractivity contribution in [3.63, 3.8) is 0 Å². The van der Waals surface area contributed by atoms with Gasteiger partial charge in [-0.2, -0.15) is 0 Å². The first-order valence-corrected chi connectivity index (χ1v) is 4.87. The molecule has 0 spiro atoms. The SMILES string of the molecule is CC(C)(C)S(=O)(=O)/C=C/C(=O)O. The first-order valence-electron chi connectivity index (χ1n) is 3.32. The number of hydrogen-bond donors (Lipinski definition) is 1. The summed E-state index contributed by atoms with van der Waals surface area (Å²) >= 11 is 0. The minimum atomic E-state index is -3.45. The van der Waals surface area contributed by atoms with E-state index in [0.29, 0.717) is 6.08 Å². The van der Waals surface area contributed by atoms with Crippen molar-refractivity contribution in [1.82, 2.24) is 0 Å². The predicted octanol–water partition coefficient (Wildman–Crippen LogP) is 0.798. The molecule has 0 rings (SSSR count). The molecule has 70 valence electrons. The summed E-state index contributed by atoms with van der Waals surface area (Å²) in [6, 6.07) is 0. The number of carbonyl (C=O) groups is 1. The molecule has 0 fully saturated rings. The van der Waals surface area contributed by atoms with Crippen LogP contribution in [0.5, 0.6) is 0 Å². The topological polar surface area (TPSA) is 71.4 Å². The molecule has 0 aromatic carbocycles. The summed E-state index contributed by atoms with van der Waals surface area (Å²) in [5.74, 6) is -1.26. The van der Waals surface area contributed by atoms with Gasteiger partial charge in [0.1, 0.15) is 0 Å². The van der Waals surface area contributed by atoms with E-state index in [9.17, 15) is 13.2 Å². The molecule has 0 heterocycles. The van der Waals surface area contributed by atoms with Gasteiger partial charge in [-0.05, 0) is 20.8 Å². The van der Waals surface area contributed by atoms with Crippen LogP contribution in [0.4, 0.5) is 0 Å². The van der Waals surface area contributed by atoms with Gasteiger partial charge in [-0.25, -0.2) is 13.2 Å². The van der Waals surface area contributed by atoms with E-state index in [1.165, 1.54) is 20.8 Å². The van der Waals surface area contributed by atoms with Crippen LogP contribution in [-0.2, 0) is 14.6 Å². The summed E-state index contributed by atoms with van der Waals surface area (Å²) in [6.07, 6.45) is 0.626. The molecule has 1 N–H and O–H groups in total. The summed E-state index contributed by atoms with van der Waals surface area (Å²) in [5.41, 5.74) is 0. The summed E-state index contributed by atoms with van der Waals surface area (Å²) in [6.45, 7) is 4.53. The van der Waals surface area contributed by atoms with Gasteiger partial charge in [0, 0.05) is 11.5 Å². The third-order valence-electron chi connectivity index (χ3n) is 1.24. The van der Waals surface area contributed by atoms with Crippen molar-refractivity contribution in [2.75, 3.05) is 0 Å². The molecule has 0 atom stereocenters. The van der Waals surface area contributed by atoms with E-state index in [1.54, 1.807) is 0 Å². The standard InChI is InChI=1S/C7H12O4S/c1-7(2,3)12(10,11)5-4-6(8)9/h4-5H,1-3H3,(H,8,9)/b5-4+. The fourth-order valence-electron chi connectivity index (χ4n) is 0.352. The lowest BCUT2D eigenvalue weighted by atomic mass is 10.3. The van der Waals surface area contributed by atoms with Crippen molar-refractivity contribution in [2.45, 2.75) is 25.5 Å². The molecule has 0 saturated carbocycles. The van der Waals surface area contributed by atoms with Crippen LogP contribution in [-0.4, -0.2) is 24.2 Å². The van der Waals surface area contributed by atoms with E-state index in [1.807, 2.05) is 0 Å². The fourth-order valence-corrected chi connectivity index (χ4v) is 1.06. The highest BCUT2D eigenvalue weighted by atomic mass is 32.2. The van der Waals surface area contributed by atoms with Crippen LogP contribution in [0.15, 0.2) is 11.5 Å². The third kappa shape index (κ3) is 3.04. The molecule has 0 aromatic heterocycles. The maximum atomic E-state index is 11.2. The van der Waals surface area contributed by atoms with E-state index < -0.39 is 20.6 Å². The maximum absolute atomic E-state index is 11.2. The molecule has 0 aliphatic rings. The predicted molar refractivity (Wildman–Crippen MR) is 45.4 cm³/mol. The zero-order valence-electron chi connectivity index (χ0n) is 7.23. The molecule has 0 aromatic rings. The normalized spacial score (nSPS) is 13.6. The number of hydrogen-bond acceptors (Lipinski definition) is 3. The van der Waals surface area contributed by atoms with E-state index in [0.717, 1.165) is 5.41 Å². The molecular weight excluding hydrogens is 180 g/mol. The van der Waals surface area contributed by atoms with Gasteiger partial charge in [0.25, 0.3) is 0 Å². The second-order valence-electron chi connectivity index (χ2n) is 3.30. The second kappa shape index (κ2) is 3.26. The summed E-state index contributed by atoms with van der Waals surface area (Å²) < 4.78 is 21.5. The van der Waals surface area contributed by atoms with Gasteiger partial charge >= 0.3 is 5.97 Å². The molecule has 12 heavy (non-hydrogen) atoms. The maximum Gasteiger partial charge on any atom is 0.329 e. The minimum absolute atomic E-state index is 0.626. The van der Waals surface area contributed by atoms with Crippen LogP contribution < -0.4 is 0 Å². The van der Waals surface area contributed by atoms with Crippen LogP contribution in [0.25, 0.3) is 0 Å². The highest BCUT2D eigenvalue weighted by molar-refractivity contribution is 7.95. The average molecular weight is 192 g/mol. The van der Waals surface area contributed by atoms with Crippen molar-refractivity contribution in [1.29, 1.82) is 0 Å². The van der Waals surface area contributed by atoms with E-state index >= 15 is 0 Å². The summed E-state index contributed by atoms with van der Waals surface area (Å²) in [5, 5.41) is 8.91. The van der Waals surface area contributed by atoms with Gasteiger partial charge in [-0.15, -0.1) is 0 Å². The zero-order chi connectivity index (χ0) is 9.99. The van der Waals surface area contributed by atoms with E-state index in [2.05, 4.69) is 0 Å². The Bertz CT molecular complexity index is 292. The molecule has 0 amide bonds. The van der Waals surface area contributed by atoms with Crippen LogP contribution in [0.2, 0.25) is 0 Å². The molecule has 4 nitrogen and oxygen atoms in total. The Labute approximate surface area is 71.8 Å². The molecule has 0 aliphatic carbocycles. The van der Waals surface area contributed by atoms with Crippen molar-refractivity contribution >= 4 is 15.8 Å². The first-order chi connectivity index (χ1) is 5.17. The van der Waals surface area contributed by atoms with E-state index in [4.69, 9.17) is 5.11 Å². The van der Waals surface area contributed by atoms with Crippen LogP contribution in [0, 0.1) is 0 Å². The van der Waals surface area contributed by atoms with Crippen molar-refractivity contribution in [3.05, 3.63) is 11.5 Å². The molecule has 5 heteroatoms. The number of rotatable bonds is 2. The van der Waals surface area contributed by atoms with Gasteiger partial charge in [-0.1, -0.05) is 0 Å². The monoisotopic (exact) mass is 192 g/mol. The fraction of sp³-hybridized carbons (Fsp3) is 0.571. The van der Waals surface area contributed by atoms with Crippen LogP contribution in [0.1, 0.15) is 20.8 Å². The molecule has 0 radical (unpaired) electrons. The third-order valence-corrected chi connectivity index (χ3v) is 3.44. The van der Waals surface area contributed by atoms with Gasteiger partial charge in [0.15, 0.2) is 9.84 Å². The van der Waals surface area contributed by atoms with Gasteiger partial charge in [-0.3, -0.25) is 0 Å². The van der Waals surface area contributed by atoms with Gasteiger partial charge < -0.3 is 5.11 Å². The summed E-state index contributed by atoms with van der Waals surface area (Å²) in [4.78, 5) is 10.0. The first kappa shape index (κ1) is 11.2. The quantitative estimate of drug-likeness (QED) is 0.657. The second-order valence-corrected chi connectivity index (χ2v) is 5.89. The van der Waals surface area contributed by atoms with Crippen LogP contribution >= 0.6 is 0 Å².